The minimum atomic E-state index is -4.69. The fourth-order valence-electron chi connectivity index (χ4n) is 2.16. The Bertz CT molecular complexity index is 603. The molecule has 1 N–H and O–H groups in total. The van der Waals surface area contributed by atoms with Crippen LogP contribution >= 0.6 is 11.3 Å². The van der Waals surface area contributed by atoms with Crippen LogP contribution in [0.15, 0.2) is 29.6 Å². The molecule has 2 aromatic rings. The minimum absolute atomic E-state index is 0.00354. The fourth-order valence-corrected chi connectivity index (χ4v) is 2.91. The third-order valence-corrected chi connectivity index (χ3v) is 4.01. The van der Waals surface area contributed by atoms with Gasteiger partial charge in [0.15, 0.2) is 0 Å². The summed E-state index contributed by atoms with van der Waals surface area (Å²) in [6, 6.07) is 4.56. The van der Waals surface area contributed by atoms with Gasteiger partial charge in [0.05, 0.1) is 11.6 Å². The molecule has 2 rings (SSSR count). The number of hydrogen-bond acceptors (Lipinski definition) is 2. The van der Waals surface area contributed by atoms with Gasteiger partial charge >= 0.3 is 6.18 Å². The van der Waals surface area contributed by atoms with Crippen LogP contribution in [-0.4, -0.2) is 7.05 Å². The van der Waals surface area contributed by atoms with Crippen molar-refractivity contribution in [2.45, 2.75) is 19.1 Å². The first-order valence-corrected chi connectivity index (χ1v) is 6.81. The minimum Gasteiger partial charge on any atom is -0.309 e. The molecular weight excluding hydrogens is 290 g/mol. The smallest absolute Gasteiger partial charge is 0.309 e. The van der Waals surface area contributed by atoms with Crippen molar-refractivity contribution in [3.63, 3.8) is 0 Å². The standard InChI is InChI=1S/C14H13F4NS/c1-8-9(6-7-20-8)13(19-2)10-4-3-5-11(12(10)15)14(16,17)18/h3-7,13,19H,1-2H3. The van der Waals surface area contributed by atoms with Crippen molar-refractivity contribution in [2.24, 2.45) is 0 Å². The van der Waals surface area contributed by atoms with Crippen LogP contribution in [0.3, 0.4) is 0 Å². The first-order valence-electron chi connectivity index (χ1n) is 5.93. The van der Waals surface area contributed by atoms with E-state index in [1.807, 2.05) is 12.3 Å². The van der Waals surface area contributed by atoms with E-state index in [-0.39, 0.29) is 5.56 Å². The van der Waals surface area contributed by atoms with Crippen molar-refractivity contribution in [3.8, 4) is 0 Å². The molecule has 1 aromatic heterocycles. The number of halogens is 4. The molecule has 1 aromatic carbocycles. The number of hydrogen-bond donors (Lipinski definition) is 1. The molecule has 1 atom stereocenters. The van der Waals surface area contributed by atoms with Crippen LogP contribution in [-0.2, 0) is 6.18 Å². The average Bonchev–Trinajstić information content (AvgIpc) is 2.77. The largest absolute Gasteiger partial charge is 0.419 e. The molecule has 0 spiro atoms. The van der Waals surface area contributed by atoms with Crippen LogP contribution in [0.4, 0.5) is 17.6 Å². The van der Waals surface area contributed by atoms with Gasteiger partial charge in [-0.2, -0.15) is 13.2 Å². The van der Waals surface area contributed by atoms with Gasteiger partial charge in [-0.1, -0.05) is 12.1 Å². The Morgan fingerprint density at radius 1 is 1.15 bits per heavy atom. The van der Waals surface area contributed by atoms with E-state index in [1.165, 1.54) is 23.5 Å². The van der Waals surface area contributed by atoms with Crippen molar-refractivity contribution in [1.29, 1.82) is 0 Å². The Hall–Kier alpha value is -1.40. The van der Waals surface area contributed by atoms with Crippen molar-refractivity contribution in [1.82, 2.24) is 5.32 Å². The molecule has 0 radical (unpaired) electrons. The van der Waals surface area contributed by atoms with E-state index in [0.717, 1.165) is 16.5 Å². The van der Waals surface area contributed by atoms with E-state index < -0.39 is 23.6 Å². The van der Waals surface area contributed by atoms with Crippen LogP contribution in [0.5, 0.6) is 0 Å². The normalized spacial score (nSPS) is 13.5. The lowest BCUT2D eigenvalue weighted by molar-refractivity contribution is -0.140. The predicted octanol–water partition coefficient (Wildman–Crippen LogP) is 4.52. The topological polar surface area (TPSA) is 12.0 Å². The van der Waals surface area contributed by atoms with Gasteiger partial charge in [-0.3, -0.25) is 0 Å². The summed E-state index contributed by atoms with van der Waals surface area (Å²) in [7, 11) is 1.60. The van der Waals surface area contributed by atoms with Crippen LogP contribution in [0.2, 0.25) is 0 Å². The Morgan fingerprint density at radius 3 is 2.35 bits per heavy atom. The molecule has 1 nitrogen and oxygen atoms in total. The van der Waals surface area contributed by atoms with Gasteiger partial charge in [-0.05, 0) is 37.0 Å². The summed E-state index contributed by atoms with van der Waals surface area (Å²) in [5.74, 6) is -1.22. The van der Waals surface area contributed by atoms with Crippen LogP contribution in [0.1, 0.15) is 27.6 Å². The Labute approximate surface area is 118 Å². The molecular formula is C14H13F4NS. The van der Waals surface area contributed by atoms with E-state index in [1.54, 1.807) is 13.1 Å². The van der Waals surface area contributed by atoms with Gasteiger partial charge in [-0.25, -0.2) is 4.39 Å². The third kappa shape index (κ3) is 2.71. The molecule has 108 valence electrons. The summed E-state index contributed by atoms with van der Waals surface area (Å²) < 4.78 is 52.5. The molecule has 1 heterocycles. The number of aryl methyl sites for hydroxylation is 1. The Kier molecular flexibility index (Phi) is 4.15. The molecule has 1 unspecified atom stereocenters. The van der Waals surface area contributed by atoms with Crippen LogP contribution < -0.4 is 5.32 Å². The zero-order valence-electron chi connectivity index (χ0n) is 10.9. The Morgan fingerprint density at radius 2 is 1.85 bits per heavy atom. The maximum Gasteiger partial charge on any atom is 0.419 e. The van der Waals surface area contributed by atoms with Crippen LogP contribution in [0, 0.1) is 12.7 Å². The third-order valence-electron chi connectivity index (χ3n) is 3.14. The maximum atomic E-state index is 14.2. The first kappa shape index (κ1) is 15.0. The lowest BCUT2D eigenvalue weighted by atomic mass is 9.97. The fraction of sp³-hybridized carbons (Fsp3) is 0.286. The SMILES string of the molecule is CNC(c1ccsc1C)c1cccc(C(F)(F)F)c1F. The first-order chi connectivity index (χ1) is 9.36. The lowest BCUT2D eigenvalue weighted by Gasteiger charge is -2.19. The second kappa shape index (κ2) is 5.54. The maximum absolute atomic E-state index is 14.2. The molecule has 0 saturated carbocycles. The second-order valence-corrected chi connectivity index (χ2v) is 5.48. The van der Waals surface area contributed by atoms with Gasteiger partial charge in [0.1, 0.15) is 5.82 Å². The highest BCUT2D eigenvalue weighted by molar-refractivity contribution is 7.10. The van der Waals surface area contributed by atoms with Gasteiger partial charge in [0.25, 0.3) is 0 Å². The average molecular weight is 303 g/mol. The summed E-state index contributed by atoms with van der Waals surface area (Å²) in [4.78, 5) is 0.946. The van der Waals surface area contributed by atoms with Crippen molar-refractivity contribution in [3.05, 3.63) is 57.0 Å². The molecule has 0 saturated heterocycles. The van der Waals surface area contributed by atoms with E-state index in [9.17, 15) is 17.6 Å². The predicted molar refractivity (Wildman–Crippen MR) is 71.4 cm³/mol. The molecule has 20 heavy (non-hydrogen) atoms. The van der Waals surface area contributed by atoms with Gasteiger partial charge in [0.2, 0.25) is 0 Å². The molecule has 0 bridgehead atoms. The van der Waals surface area contributed by atoms with E-state index in [4.69, 9.17) is 0 Å². The van der Waals surface area contributed by atoms with Crippen LogP contribution in [0.25, 0.3) is 0 Å². The highest BCUT2D eigenvalue weighted by Gasteiger charge is 2.35. The number of benzene rings is 1. The summed E-state index contributed by atoms with van der Waals surface area (Å²) in [6.45, 7) is 1.86. The second-order valence-electron chi connectivity index (χ2n) is 4.36. The van der Waals surface area contributed by atoms with Gasteiger partial charge < -0.3 is 5.32 Å². The molecule has 0 aliphatic rings. The molecule has 0 aliphatic carbocycles. The van der Waals surface area contributed by atoms with Gasteiger partial charge in [0, 0.05) is 10.4 Å². The van der Waals surface area contributed by atoms with E-state index >= 15 is 0 Å². The van der Waals surface area contributed by atoms with Crippen molar-refractivity contribution in [2.75, 3.05) is 7.05 Å². The quantitative estimate of drug-likeness (QED) is 0.822. The summed E-state index contributed by atoms with van der Waals surface area (Å²) in [5.41, 5.74) is -0.442. The zero-order valence-corrected chi connectivity index (χ0v) is 11.7. The highest BCUT2D eigenvalue weighted by atomic mass is 32.1. The number of thiophene rings is 1. The summed E-state index contributed by atoms with van der Waals surface area (Å²) in [5, 5.41) is 4.71. The summed E-state index contributed by atoms with van der Waals surface area (Å²) >= 11 is 1.47. The van der Waals surface area contributed by atoms with Gasteiger partial charge in [-0.15, -0.1) is 11.3 Å². The monoisotopic (exact) mass is 303 g/mol. The Balaban J connectivity index is 2.54. The molecule has 0 fully saturated rings. The number of nitrogens with one attached hydrogen (secondary N) is 1. The lowest BCUT2D eigenvalue weighted by Crippen LogP contribution is -2.21. The number of rotatable bonds is 3. The summed E-state index contributed by atoms with van der Waals surface area (Å²) in [6.07, 6.45) is -4.69. The number of alkyl halides is 3. The molecule has 0 amide bonds. The zero-order chi connectivity index (χ0) is 14.9. The van der Waals surface area contributed by atoms with E-state index in [0.29, 0.717) is 0 Å². The highest BCUT2D eigenvalue weighted by Crippen LogP contribution is 2.36. The van der Waals surface area contributed by atoms with Crippen molar-refractivity contribution < 1.29 is 17.6 Å². The van der Waals surface area contributed by atoms with Crippen molar-refractivity contribution >= 4 is 11.3 Å². The molecule has 0 aliphatic heterocycles. The molecule has 6 heteroatoms. The van der Waals surface area contributed by atoms with E-state index in [2.05, 4.69) is 5.32 Å².